The lowest BCUT2D eigenvalue weighted by atomic mass is 9.96. The molecule has 0 unspecified atom stereocenters. The molecule has 13 heavy (non-hydrogen) atoms. The topological polar surface area (TPSA) is 51.0 Å². The molecular weight excluding hydrogens is 168 g/mol. The van der Waals surface area contributed by atoms with Gasteiger partial charge in [-0.25, -0.2) is 4.79 Å². The van der Waals surface area contributed by atoms with Crippen molar-refractivity contribution in [3.05, 3.63) is 23.8 Å². The van der Waals surface area contributed by atoms with Gasteiger partial charge in [-0.05, 0) is 6.08 Å². The minimum atomic E-state index is -0.343. The lowest BCUT2D eigenvalue weighted by molar-refractivity contribution is -0.135. The van der Waals surface area contributed by atoms with Gasteiger partial charge >= 0.3 is 5.97 Å². The first-order valence-corrected chi connectivity index (χ1v) is 3.90. The van der Waals surface area contributed by atoms with Crippen molar-refractivity contribution in [2.24, 2.45) is 16.1 Å². The first-order valence-electron chi connectivity index (χ1n) is 3.90. The minimum absolute atomic E-state index is 0.133. The maximum Gasteiger partial charge on any atom is 0.337 e. The van der Waals surface area contributed by atoms with Gasteiger partial charge in [0.1, 0.15) is 0 Å². The number of nitrogens with zero attached hydrogens (tertiary/aromatic N) is 2. The second-order valence-corrected chi connectivity index (χ2v) is 2.77. The van der Waals surface area contributed by atoms with E-state index in [9.17, 15) is 4.79 Å². The number of hydrogen-bond acceptors (Lipinski definition) is 4. The zero-order chi connectivity index (χ0) is 9.26. The molecule has 1 aliphatic carbocycles. The van der Waals surface area contributed by atoms with Crippen LogP contribution in [0, 0.1) is 5.92 Å². The minimum Gasteiger partial charge on any atom is -0.465 e. The van der Waals surface area contributed by atoms with Crippen LogP contribution in [0.3, 0.4) is 0 Å². The molecule has 0 bridgehead atoms. The van der Waals surface area contributed by atoms with Crippen LogP contribution in [0.1, 0.15) is 0 Å². The molecule has 0 fully saturated rings. The van der Waals surface area contributed by atoms with Gasteiger partial charge in [-0.3, -0.25) is 0 Å². The average Bonchev–Trinajstić information content (AvgIpc) is 2.63. The zero-order valence-electron chi connectivity index (χ0n) is 7.10. The maximum atomic E-state index is 11.1. The van der Waals surface area contributed by atoms with Gasteiger partial charge in [0.05, 0.1) is 24.3 Å². The van der Waals surface area contributed by atoms with E-state index in [4.69, 9.17) is 0 Å². The van der Waals surface area contributed by atoms with Gasteiger partial charge in [-0.2, -0.15) is 10.2 Å². The molecule has 2 rings (SSSR count). The predicted molar refractivity (Wildman–Crippen MR) is 48.7 cm³/mol. The van der Waals surface area contributed by atoms with Crippen LogP contribution in [-0.2, 0) is 9.53 Å². The Morgan fingerprint density at radius 3 is 3.23 bits per heavy atom. The normalized spacial score (nSPS) is 23.6. The maximum absolute atomic E-state index is 11.1. The van der Waals surface area contributed by atoms with Gasteiger partial charge in [0.25, 0.3) is 0 Å². The molecule has 0 saturated carbocycles. The summed E-state index contributed by atoms with van der Waals surface area (Å²) in [5.41, 5.74) is 1.31. The number of carbonyl (C=O) groups excluding carboxylic acids is 1. The summed E-state index contributed by atoms with van der Waals surface area (Å²) in [6.45, 7) is 0. The Labute approximate surface area is 75.3 Å². The van der Waals surface area contributed by atoms with E-state index in [1.807, 2.05) is 6.08 Å². The molecule has 0 aromatic heterocycles. The quantitative estimate of drug-likeness (QED) is 0.552. The Balaban J connectivity index is 2.26. The number of carbonyl (C=O) groups is 1. The van der Waals surface area contributed by atoms with E-state index in [0.29, 0.717) is 5.57 Å². The van der Waals surface area contributed by atoms with E-state index < -0.39 is 0 Å². The van der Waals surface area contributed by atoms with Crippen molar-refractivity contribution in [2.45, 2.75) is 0 Å². The fourth-order valence-corrected chi connectivity index (χ4v) is 1.25. The highest BCUT2D eigenvalue weighted by molar-refractivity contribution is 6.14. The highest BCUT2D eigenvalue weighted by atomic mass is 16.5. The van der Waals surface area contributed by atoms with E-state index >= 15 is 0 Å². The first kappa shape index (κ1) is 7.91. The number of ether oxygens (including phenoxy) is 1. The van der Waals surface area contributed by atoms with Crippen molar-refractivity contribution < 1.29 is 9.53 Å². The van der Waals surface area contributed by atoms with E-state index in [1.54, 1.807) is 18.4 Å². The van der Waals surface area contributed by atoms with E-state index in [2.05, 4.69) is 14.9 Å². The lowest BCUT2D eigenvalue weighted by Gasteiger charge is -2.08. The van der Waals surface area contributed by atoms with Gasteiger partial charge < -0.3 is 4.74 Å². The number of hydrogen-bond donors (Lipinski definition) is 0. The summed E-state index contributed by atoms with van der Waals surface area (Å²) < 4.78 is 4.58. The number of rotatable bonds is 1. The van der Waals surface area contributed by atoms with Crippen LogP contribution in [0.15, 0.2) is 34.0 Å². The first-order chi connectivity index (χ1) is 6.31. The second kappa shape index (κ2) is 2.97. The highest BCUT2D eigenvalue weighted by Crippen LogP contribution is 2.17. The van der Waals surface area contributed by atoms with Crippen molar-refractivity contribution in [2.75, 3.05) is 7.11 Å². The predicted octanol–water partition coefficient (Wildman–Crippen LogP) is 0.712. The molecule has 4 heteroatoms. The van der Waals surface area contributed by atoms with Crippen LogP contribution < -0.4 is 0 Å². The third kappa shape index (κ3) is 1.30. The molecule has 1 aliphatic heterocycles. The van der Waals surface area contributed by atoms with Gasteiger partial charge in [-0.15, -0.1) is 0 Å². The molecule has 0 aromatic rings. The Morgan fingerprint density at radius 2 is 2.46 bits per heavy atom. The molecule has 2 aliphatic rings. The molecule has 0 aromatic carbocycles. The number of methoxy groups -OCH3 is 1. The van der Waals surface area contributed by atoms with Crippen molar-refractivity contribution in [1.29, 1.82) is 0 Å². The molecule has 0 amide bonds. The van der Waals surface area contributed by atoms with Gasteiger partial charge in [0.2, 0.25) is 0 Å². The summed E-state index contributed by atoms with van der Waals surface area (Å²) in [5, 5.41) is 7.64. The number of fused-ring (bicyclic) bond motifs is 1. The Morgan fingerprint density at radius 1 is 1.62 bits per heavy atom. The number of esters is 1. The Kier molecular flexibility index (Phi) is 1.81. The SMILES string of the molecule is COC(=O)C1=CC2=NN=C[C@@H]2C=C1. The van der Waals surface area contributed by atoms with Crippen molar-refractivity contribution in [3.63, 3.8) is 0 Å². The van der Waals surface area contributed by atoms with Crippen LogP contribution in [0.25, 0.3) is 0 Å². The standard InChI is InChI=1S/C9H8N2O2/c1-13-9(12)6-2-3-7-5-10-11-8(7)4-6/h2-5,7H,1H3/t7-/m0/s1. The lowest BCUT2D eigenvalue weighted by Crippen LogP contribution is -2.15. The van der Waals surface area contributed by atoms with Crippen LogP contribution in [0.2, 0.25) is 0 Å². The summed E-state index contributed by atoms with van der Waals surface area (Å²) in [4.78, 5) is 11.1. The molecule has 1 heterocycles. The van der Waals surface area contributed by atoms with E-state index in [-0.39, 0.29) is 11.9 Å². The van der Waals surface area contributed by atoms with Gasteiger partial charge in [0, 0.05) is 6.21 Å². The fraction of sp³-hybridized carbons (Fsp3) is 0.222. The average molecular weight is 176 g/mol. The van der Waals surface area contributed by atoms with Crippen LogP contribution in [-0.4, -0.2) is 25.0 Å². The summed E-state index contributed by atoms with van der Waals surface area (Å²) in [6, 6.07) is 0. The van der Waals surface area contributed by atoms with Crippen molar-refractivity contribution >= 4 is 17.9 Å². The second-order valence-electron chi connectivity index (χ2n) is 2.77. The van der Waals surface area contributed by atoms with Gasteiger partial charge in [-0.1, -0.05) is 12.2 Å². The monoisotopic (exact) mass is 176 g/mol. The van der Waals surface area contributed by atoms with E-state index in [0.717, 1.165) is 5.71 Å². The largest absolute Gasteiger partial charge is 0.465 e. The summed E-state index contributed by atoms with van der Waals surface area (Å²) in [7, 11) is 1.36. The molecule has 66 valence electrons. The highest BCUT2D eigenvalue weighted by Gasteiger charge is 2.20. The zero-order valence-corrected chi connectivity index (χ0v) is 7.10. The van der Waals surface area contributed by atoms with Crippen LogP contribution in [0.4, 0.5) is 0 Å². The molecule has 0 radical (unpaired) electrons. The molecule has 0 spiro atoms. The summed E-state index contributed by atoms with van der Waals surface area (Å²) in [6.07, 6.45) is 7.04. The molecule has 0 N–H and O–H groups in total. The number of allylic oxidation sites excluding steroid dienone is 2. The van der Waals surface area contributed by atoms with Crippen LogP contribution >= 0.6 is 0 Å². The Hall–Kier alpha value is -1.71. The third-order valence-electron chi connectivity index (χ3n) is 1.95. The molecule has 1 atom stereocenters. The van der Waals surface area contributed by atoms with Crippen molar-refractivity contribution in [3.8, 4) is 0 Å². The van der Waals surface area contributed by atoms with Crippen LogP contribution in [0.5, 0.6) is 0 Å². The Bertz CT molecular complexity index is 364. The van der Waals surface area contributed by atoms with E-state index in [1.165, 1.54) is 7.11 Å². The fourth-order valence-electron chi connectivity index (χ4n) is 1.25. The molecule has 0 saturated heterocycles. The molecule has 4 nitrogen and oxygen atoms in total. The van der Waals surface area contributed by atoms with Gasteiger partial charge in [0.15, 0.2) is 0 Å². The van der Waals surface area contributed by atoms with Crippen molar-refractivity contribution in [1.82, 2.24) is 0 Å². The smallest absolute Gasteiger partial charge is 0.337 e. The third-order valence-corrected chi connectivity index (χ3v) is 1.95. The summed E-state index contributed by atoms with van der Waals surface area (Å²) >= 11 is 0. The summed E-state index contributed by atoms with van der Waals surface area (Å²) in [5.74, 6) is -0.210. The molecular formula is C9H8N2O2.